The Morgan fingerprint density at radius 3 is 1.36 bits per heavy atom. The van der Waals surface area contributed by atoms with Gasteiger partial charge in [-0.25, -0.2) is 0 Å². The highest BCUT2D eigenvalue weighted by atomic mass is 14.4. The summed E-state index contributed by atoms with van der Waals surface area (Å²) in [6, 6.07) is 32.2. The number of benzene rings is 6. The molecule has 44 heavy (non-hydrogen) atoms. The van der Waals surface area contributed by atoms with Crippen LogP contribution in [0, 0.1) is 55.4 Å². The Bertz CT molecular complexity index is 2400. The molecule has 6 aromatic carbocycles. The maximum Gasteiger partial charge on any atom is -0.0000987 e. The van der Waals surface area contributed by atoms with Crippen molar-refractivity contribution in [1.82, 2.24) is 0 Å². The van der Waals surface area contributed by atoms with Crippen LogP contribution in [0.25, 0.3) is 38.3 Å². The lowest BCUT2D eigenvalue weighted by Crippen LogP contribution is -2.26. The Kier molecular flexibility index (Phi) is 5.75. The standard InChI is InChI=1S/C44H38/c1-23-19-25(3)36(26(4)20-23)42-39-30(8)33-15-12-11-14-32(33)29(7)38(39)41-35-18-17-31-13-9-10-16-34(31)40(35)43(44(41)42)37-27(5)21-24(2)22-28(37)6/h9-22H,1-8H3. The lowest BCUT2D eigenvalue weighted by atomic mass is 9.82. The first-order chi connectivity index (χ1) is 21.2. The van der Waals surface area contributed by atoms with Gasteiger partial charge in [-0.1, -0.05) is 96.1 Å². The highest BCUT2D eigenvalue weighted by Gasteiger charge is 2.39. The molecule has 2 aliphatic rings. The first kappa shape index (κ1) is 26.9. The summed E-state index contributed by atoms with van der Waals surface area (Å²) in [4.78, 5) is 0. The summed E-state index contributed by atoms with van der Waals surface area (Å²) >= 11 is 0. The lowest BCUT2D eigenvalue weighted by Gasteiger charge is -2.21. The zero-order chi connectivity index (χ0) is 30.6. The third-order valence-electron chi connectivity index (χ3n) is 10.3. The van der Waals surface area contributed by atoms with E-state index in [0.717, 1.165) is 0 Å². The Hall–Kier alpha value is -4.68. The fourth-order valence-electron chi connectivity index (χ4n) is 8.82. The molecule has 6 aromatic rings. The van der Waals surface area contributed by atoms with Gasteiger partial charge in [-0.3, -0.25) is 0 Å². The number of hydrogen-bond donors (Lipinski definition) is 0. The van der Waals surface area contributed by atoms with Gasteiger partial charge in [-0.15, -0.1) is 0 Å². The third kappa shape index (κ3) is 3.52. The van der Waals surface area contributed by atoms with Crippen molar-refractivity contribution in [2.24, 2.45) is 0 Å². The normalized spacial score (nSPS) is 13.7. The zero-order valence-electron chi connectivity index (χ0n) is 27.1. The second-order valence-electron chi connectivity index (χ2n) is 13.3. The SMILES string of the molecule is Cc1cc(C)c(C2=C3C(=c4ccc5ccccc5c4=C3c3c(C)cc(C)cc3C)c3c2c(C)c2ccccc2c3C)c(C)c1. The molecular weight excluding hydrogens is 528 g/mol. The van der Waals surface area contributed by atoms with E-state index in [1.54, 1.807) is 0 Å². The van der Waals surface area contributed by atoms with Gasteiger partial charge in [0.05, 0.1) is 0 Å². The highest BCUT2D eigenvalue weighted by molar-refractivity contribution is 6.21. The van der Waals surface area contributed by atoms with Crippen LogP contribution in [0.2, 0.25) is 0 Å². The number of hydrogen-bond acceptors (Lipinski definition) is 0. The molecule has 0 atom stereocenters. The van der Waals surface area contributed by atoms with Gasteiger partial charge >= 0.3 is 0 Å². The van der Waals surface area contributed by atoms with Crippen LogP contribution in [0.1, 0.15) is 66.8 Å². The summed E-state index contributed by atoms with van der Waals surface area (Å²) in [5, 5.41) is 8.09. The van der Waals surface area contributed by atoms with Crippen molar-refractivity contribution in [1.29, 1.82) is 0 Å². The van der Waals surface area contributed by atoms with Crippen LogP contribution in [0.3, 0.4) is 0 Å². The van der Waals surface area contributed by atoms with Gasteiger partial charge < -0.3 is 0 Å². The molecule has 0 heterocycles. The van der Waals surface area contributed by atoms with Crippen molar-refractivity contribution < 1.29 is 0 Å². The molecule has 0 saturated carbocycles. The van der Waals surface area contributed by atoms with E-state index in [1.165, 1.54) is 121 Å². The van der Waals surface area contributed by atoms with Gasteiger partial charge in [0, 0.05) is 0 Å². The van der Waals surface area contributed by atoms with Crippen LogP contribution >= 0.6 is 0 Å². The van der Waals surface area contributed by atoms with Crippen LogP contribution in [-0.4, -0.2) is 0 Å². The number of allylic oxidation sites excluding steroid dienone is 1. The maximum absolute atomic E-state index is 2.41. The molecule has 0 radical (unpaired) electrons. The highest BCUT2D eigenvalue weighted by Crippen LogP contribution is 2.54. The monoisotopic (exact) mass is 566 g/mol. The van der Waals surface area contributed by atoms with E-state index in [2.05, 4.69) is 140 Å². The molecule has 0 saturated heterocycles. The van der Waals surface area contributed by atoms with Crippen LogP contribution in [-0.2, 0) is 0 Å². The molecular formula is C44H38. The van der Waals surface area contributed by atoms with Crippen molar-refractivity contribution in [3.8, 4) is 0 Å². The third-order valence-corrected chi connectivity index (χ3v) is 10.3. The van der Waals surface area contributed by atoms with Crippen LogP contribution in [0.15, 0.2) is 90.5 Å². The molecule has 0 aromatic heterocycles. The second kappa shape index (κ2) is 9.41. The number of rotatable bonds is 2. The van der Waals surface area contributed by atoms with Crippen molar-refractivity contribution in [2.45, 2.75) is 55.4 Å². The number of aryl methyl sites for hydroxylation is 8. The Morgan fingerprint density at radius 2 is 0.818 bits per heavy atom. The molecule has 0 amide bonds. The molecule has 0 heteroatoms. The fourth-order valence-corrected chi connectivity index (χ4v) is 8.82. The molecule has 8 rings (SSSR count). The zero-order valence-corrected chi connectivity index (χ0v) is 27.1. The van der Waals surface area contributed by atoms with E-state index < -0.39 is 0 Å². The minimum atomic E-state index is 1.29. The summed E-state index contributed by atoms with van der Waals surface area (Å²) in [5.74, 6) is 0. The predicted molar refractivity (Wildman–Crippen MR) is 189 cm³/mol. The first-order valence-electron chi connectivity index (χ1n) is 15.9. The maximum atomic E-state index is 2.41. The molecule has 0 aliphatic heterocycles. The summed E-state index contributed by atoms with van der Waals surface area (Å²) in [6.07, 6.45) is 0. The summed E-state index contributed by atoms with van der Waals surface area (Å²) in [5.41, 5.74) is 22.0. The van der Waals surface area contributed by atoms with E-state index in [0.29, 0.717) is 0 Å². The number of fused-ring (bicyclic) bond motifs is 7. The van der Waals surface area contributed by atoms with E-state index in [1.807, 2.05) is 0 Å². The van der Waals surface area contributed by atoms with Crippen LogP contribution in [0.4, 0.5) is 0 Å². The first-order valence-corrected chi connectivity index (χ1v) is 15.9. The van der Waals surface area contributed by atoms with Gasteiger partial charge in [0.15, 0.2) is 0 Å². The van der Waals surface area contributed by atoms with Gasteiger partial charge in [0.2, 0.25) is 0 Å². The van der Waals surface area contributed by atoms with E-state index in [9.17, 15) is 0 Å². The molecule has 0 unspecified atom stereocenters. The average Bonchev–Trinajstić information content (AvgIpc) is 3.49. The summed E-state index contributed by atoms with van der Waals surface area (Å²) < 4.78 is 0. The molecule has 0 nitrogen and oxygen atoms in total. The van der Waals surface area contributed by atoms with Gasteiger partial charge in [-0.05, 0) is 165 Å². The molecule has 2 aliphatic carbocycles. The topological polar surface area (TPSA) is 0 Å². The molecule has 0 bridgehead atoms. The predicted octanol–water partition coefficient (Wildman–Crippen LogP) is 9.69. The lowest BCUT2D eigenvalue weighted by molar-refractivity contribution is 1.27. The van der Waals surface area contributed by atoms with Crippen LogP contribution in [0.5, 0.6) is 0 Å². The smallest absolute Gasteiger partial charge is 0.0000987 e. The van der Waals surface area contributed by atoms with E-state index >= 15 is 0 Å². The quantitative estimate of drug-likeness (QED) is 0.196. The molecule has 0 N–H and O–H groups in total. The summed E-state index contributed by atoms with van der Waals surface area (Å²) in [6.45, 7) is 18.4. The van der Waals surface area contributed by atoms with Crippen molar-refractivity contribution in [2.75, 3.05) is 0 Å². The molecule has 0 spiro atoms. The van der Waals surface area contributed by atoms with Gasteiger partial charge in [0.25, 0.3) is 0 Å². The summed E-state index contributed by atoms with van der Waals surface area (Å²) in [7, 11) is 0. The van der Waals surface area contributed by atoms with Gasteiger partial charge in [0.1, 0.15) is 0 Å². The Labute approximate surface area is 260 Å². The van der Waals surface area contributed by atoms with Crippen molar-refractivity contribution in [3.05, 3.63) is 168 Å². The van der Waals surface area contributed by atoms with Gasteiger partial charge in [-0.2, -0.15) is 0 Å². The minimum Gasteiger partial charge on any atom is -0.0616 e. The van der Waals surface area contributed by atoms with Crippen LogP contribution < -0.4 is 10.4 Å². The van der Waals surface area contributed by atoms with E-state index in [4.69, 9.17) is 0 Å². The minimum absolute atomic E-state index is 1.29. The largest absolute Gasteiger partial charge is 0.0616 e. The molecule has 214 valence electrons. The van der Waals surface area contributed by atoms with E-state index in [-0.39, 0.29) is 0 Å². The van der Waals surface area contributed by atoms with Crippen molar-refractivity contribution in [3.63, 3.8) is 0 Å². The fraction of sp³-hybridized carbons (Fsp3) is 0.182. The molecule has 0 fully saturated rings. The Balaban J connectivity index is 1.71. The average molecular weight is 567 g/mol. The Morgan fingerprint density at radius 1 is 0.364 bits per heavy atom. The second-order valence-corrected chi connectivity index (χ2v) is 13.3. The van der Waals surface area contributed by atoms with Crippen molar-refractivity contribution >= 4 is 38.3 Å².